The fourth-order valence-corrected chi connectivity index (χ4v) is 2.89. The Hall–Kier alpha value is -3.32. The quantitative estimate of drug-likeness (QED) is 0.568. The molecule has 4 aromatic rings. The van der Waals surface area contributed by atoms with E-state index >= 15 is 0 Å². The first-order chi connectivity index (χ1) is 13.2. The maximum Gasteiger partial charge on any atom is 0.261 e. The third-order valence-corrected chi connectivity index (χ3v) is 4.30. The van der Waals surface area contributed by atoms with Crippen LogP contribution in [0.2, 0.25) is 0 Å². The van der Waals surface area contributed by atoms with E-state index in [1.165, 1.54) is 0 Å². The van der Waals surface area contributed by atoms with Gasteiger partial charge in [0.05, 0.1) is 23.8 Å². The van der Waals surface area contributed by atoms with Crippen molar-refractivity contribution in [1.29, 1.82) is 0 Å². The van der Waals surface area contributed by atoms with Crippen LogP contribution in [0.25, 0.3) is 22.3 Å². The van der Waals surface area contributed by atoms with Crippen molar-refractivity contribution in [2.45, 2.75) is 26.1 Å². The maximum absolute atomic E-state index is 12.6. The van der Waals surface area contributed by atoms with Crippen LogP contribution in [0.15, 0.2) is 70.2 Å². The Morgan fingerprint density at radius 3 is 2.74 bits per heavy atom. The Bertz CT molecular complexity index is 1100. The summed E-state index contributed by atoms with van der Waals surface area (Å²) in [6.07, 6.45) is 1.59. The number of hydrogen-bond acceptors (Lipinski definition) is 6. The first-order valence-electron chi connectivity index (χ1n) is 8.76. The lowest BCUT2D eigenvalue weighted by atomic mass is 10.2. The Balaban J connectivity index is 1.40. The normalized spacial score (nSPS) is 12.3. The number of nitrogens with one attached hydrogen (secondary N) is 1. The summed E-state index contributed by atoms with van der Waals surface area (Å²) < 4.78 is 6.91. The van der Waals surface area contributed by atoms with Crippen LogP contribution in [-0.4, -0.2) is 25.7 Å². The zero-order valence-electron chi connectivity index (χ0n) is 14.9. The van der Waals surface area contributed by atoms with Gasteiger partial charge in [0.2, 0.25) is 11.7 Å². The molecular formula is C20H19N5O2. The van der Waals surface area contributed by atoms with Gasteiger partial charge >= 0.3 is 0 Å². The van der Waals surface area contributed by atoms with Gasteiger partial charge in [0, 0.05) is 18.2 Å². The van der Waals surface area contributed by atoms with Crippen LogP contribution >= 0.6 is 0 Å². The van der Waals surface area contributed by atoms with E-state index in [0.717, 1.165) is 5.56 Å². The van der Waals surface area contributed by atoms with Gasteiger partial charge in [-0.3, -0.25) is 9.36 Å². The molecule has 7 nitrogen and oxygen atoms in total. The van der Waals surface area contributed by atoms with Crippen molar-refractivity contribution in [2.24, 2.45) is 0 Å². The van der Waals surface area contributed by atoms with E-state index in [4.69, 9.17) is 4.52 Å². The number of benzene rings is 2. The second-order valence-corrected chi connectivity index (χ2v) is 6.38. The predicted molar refractivity (Wildman–Crippen MR) is 102 cm³/mol. The number of para-hydroxylation sites is 1. The van der Waals surface area contributed by atoms with Crippen molar-refractivity contribution < 1.29 is 4.52 Å². The van der Waals surface area contributed by atoms with E-state index in [2.05, 4.69) is 20.4 Å². The fraction of sp³-hybridized carbons (Fsp3) is 0.200. The average Bonchev–Trinajstić information content (AvgIpc) is 3.19. The Labute approximate surface area is 155 Å². The monoisotopic (exact) mass is 361 g/mol. The summed E-state index contributed by atoms with van der Waals surface area (Å²) in [6.45, 7) is 2.92. The van der Waals surface area contributed by atoms with E-state index in [1.807, 2.05) is 55.5 Å². The molecule has 0 bridgehead atoms. The molecular weight excluding hydrogens is 342 g/mol. The lowest BCUT2D eigenvalue weighted by Gasteiger charge is -2.14. The van der Waals surface area contributed by atoms with Gasteiger partial charge in [-0.2, -0.15) is 4.98 Å². The van der Waals surface area contributed by atoms with Crippen LogP contribution in [-0.2, 0) is 13.1 Å². The summed E-state index contributed by atoms with van der Waals surface area (Å²) in [5.74, 6) is 1.07. The van der Waals surface area contributed by atoms with Crippen LogP contribution in [0, 0.1) is 0 Å². The molecule has 0 saturated heterocycles. The van der Waals surface area contributed by atoms with Crippen molar-refractivity contribution >= 4 is 10.9 Å². The minimum atomic E-state index is -0.0431. The molecule has 2 aromatic heterocycles. The first-order valence-corrected chi connectivity index (χ1v) is 8.76. The Morgan fingerprint density at radius 2 is 1.89 bits per heavy atom. The number of aromatic nitrogens is 4. The number of hydrogen-bond donors (Lipinski definition) is 1. The molecule has 2 heterocycles. The van der Waals surface area contributed by atoms with Gasteiger partial charge in [-0.15, -0.1) is 0 Å². The van der Waals surface area contributed by atoms with Gasteiger partial charge in [-0.1, -0.05) is 47.6 Å². The third-order valence-electron chi connectivity index (χ3n) is 4.30. The van der Waals surface area contributed by atoms with Crippen LogP contribution in [0.1, 0.15) is 12.8 Å². The minimum absolute atomic E-state index is 0.0257. The van der Waals surface area contributed by atoms with E-state index in [9.17, 15) is 4.79 Å². The standard InChI is InChI=1S/C20H19N5O2/c1-14(12-25-13-22-17-10-6-5-9-16(17)20(25)26)21-11-18-23-19(24-27-18)15-7-3-2-4-8-15/h2-10,13-14,21H,11-12H2,1H3/t14-/m0/s1. The molecule has 0 fully saturated rings. The van der Waals surface area contributed by atoms with Crippen molar-refractivity contribution in [3.05, 3.63) is 77.2 Å². The first kappa shape index (κ1) is 17.1. The molecule has 7 heteroatoms. The van der Waals surface area contributed by atoms with Gasteiger partial charge in [0.25, 0.3) is 5.56 Å². The van der Waals surface area contributed by atoms with Crippen molar-refractivity contribution in [3.63, 3.8) is 0 Å². The lowest BCUT2D eigenvalue weighted by Crippen LogP contribution is -2.34. The summed E-state index contributed by atoms with van der Waals surface area (Å²) in [6, 6.07) is 17.0. The second kappa shape index (κ2) is 7.51. The maximum atomic E-state index is 12.6. The van der Waals surface area contributed by atoms with E-state index in [0.29, 0.717) is 35.7 Å². The molecule has 0 unspecified atom stereocenters. The Kier molecular flexibility index (Phi) is 4.76. The smallest absolute Gasteiger partial charge is 0.261 e. The fourth-order valence-electron chi connectivity index (χ4n) is 2.89. The third kappa shape index (κ3) is 3.78. The number of rotatable bonds is 6. The predicted octanol–water partition coefficient (Wildman–Crippen LogP) is 2.62. The van der Waals surface area contributed by atoms with Crippen LogP contribution in [0.3, 0.4) is 0 Å². The molecule has 0 radical (unpaired) electrons. The molecule has 1 atom stereocenters. The van der Waals surface area contributed by atoms with E-state index < -0.39 is 0 Å². The molecule has 1 N–H and O–H groups in total. The number of fused-ring (bicyclic) bond motifs is 1. The van der Waals surface area contributed by atoms with Gasteiger partial charge < -0.3 is 9.84 Å². The molecule has 136 valence electrons. The molecule has 0 aliphatic rings. The van der Waals surface area contributed by atoms with E-state index in [1.54, 1.807) is 17.0 Å². The van der Waals surface area contributed by atoms with Crippen molar-refractivity contribution in [2.75, 3.05) is 0 Å². The second-order valence-electron chi connectivity index (χ2n) is 6.38. The van der Waals surface area contributed by atoms with Gasteiger partial charge in [0.15, 0.2) is 0 Å². The molecule has 0 aliphatic heterocycles. The molecule has 2 aromatic carbocycles. The highest BCUT2D eigenvalue weighted by Gasteiger charge is 2.11. The summed E-state index contributed by atoms with van der Waals surface area (Å²) in [5, 5.41) is 7.93. The topological polar surface area (TPSA) is 85.8 Å². The van der Waals surface area contributed by atoms with Crippen molar-refractivity contribution in [1.82, 2.24) is 25.0 Å². The lowest BCUT2D eigenvalue weighted by molar-refractivity contribution is 0.352. The summed E-state index contributed by atoms with van der Waals surface area (Å²) >= 11 is 0. The van der Waals surface area contributed by atoms with Crippen molar-refractivity contribution in [3.8, 4) is 11.4 Å². The molecule has 0 amide bonds. The largest absolute Gasteiger partial charge is 0.338 e. The Morgan fingerprint density at radius 1 is 1.11 bits per heavy atom. The van der Waals surface area contributed by atoms with Crippen LogP contribution in [0.5, 0.6) is 0 Å². The highest BCUT2D eigenvalue weighted by molar-refractivity contribution is 5.76. The van der Waals surface area contributed by atoms with Crippen LogP contribution in [0.4, 0.5) is 0 Å². The summed E-state index contributed by atoms with van der Waals surface area (Å²) in [4.78, 5) is 21.3. The van der Waals surface area contributed by atoms with Gasteiger partial charge in [0.1, 0.15) is 0 Å². The zero-order chi connectivity index (χ0) is 18.6. The summed E-state index contributed by atoms with van der Waals surface area (Å²) in [7, 11) is 0. The molecule has 0 spiro atoms. The average molecular weight is 361 g/mol. The minimum Gasteiger partial charge on any atom is -0.338 e. The van der Waals surface area contributed by atoms with Crippen LogP contribution < -0.4 is 10.9 Å². The summed E-state index contributed by atoms with van der Waals surface area (Å²) in [5.41, 5.74) is 1.58. The highest BCUT2D eigenvalue weighted by Crippen LogP contribution is 2.14. The molecule has 27 heavy (non-hydrogen) atoms. The van der Waals surface area contributed by atoms with Gasteiger partial charge in [-0.05, 0) is 19.1 Å². The highest BCUT2D eigenvalue weighted by atomic mass is 16.5. The van der Waals surface area contributed by atoms with Gasteiger partial charge in [-0.25, -0.2) is 4.98 Å². The molecule has 0 aliphatic carbocycles. The van der Waals surface area contributed by atoms with E-state index in [-0.39, 0.29) is 11.6 Å². The number of nitrogens with zero attached hydrogens (tertiary/aromatic N) is 4. The molecule has 4 rings (SSSR count). The molecule has 0 saturated carbocycles. The zero-order valence-corrected chi connectivity index (χ0v) is 14.9. The SMILES string of the molecule is C[C@@H](Cn1cnc2ccccc2c1=O)NCc1nc(-c2ccccc2)no1.